The average Bonchev–Trinajstić information content (AvgIpc) is 3.16. The van der Waals surface area contributed by atoms with E-state index in [-0.39, 0.29) is 11.6 Å². The van der Waals surface area contributed by atoms with Crippen LogP contribution < -0.4 is 10.1 Å². The maximum Gasteiger partial charge on any atom is 0.364 e. The summed E-state index contributed by atoms with van der Waals surface area (Å²) in [5.74, 6) is -1.03. The first-order chi connectivity index (χ1) is 14.0. The highest BCUT2D eigenvalue weighted by Gasteiger charge is 2.13. The van der Waals surface area contributed by atoms with E-state index >= 15 is 0 Å². The van der Waals surface area contributed by atoms with Crippen molar-refractivity contribution in [3.8, 4) is 5.75 Å². The van der Waals surface area contributed by atoms with E-state index in [9.17, 15) is 14.4 Å². The van der Waals surface area contributed by atoms with Crippen LogP contribution in [0, 0.1) is 0 Å². The normalized spacial score (nSPS) is 10.3. The highest BCUT2D eigenvalue weighted by atomic mass is 16.5. The first kappa shape index (κ1) is 19.8. The fourth-order valence-corrected chi connectivity index (χ4v) is 2.46. The monoisotopic (exact) mass is 393 g/mol. The Bertz CT molecular complexity index is 1020. The van der Waals surface area contributed by atoms with Crippen molar-refractivity contribution >= 4 is 23.5 Å². The van der Waals surface area contributed by atoms with Crippen molar-refractivity contribution in [2.75, 3.05) is 11.9 Å². The van der Waals surface area contributed by atoms with Gasteiger partial charge < -0.3 is 14.8 Å². The molecule has 29 heavy (non-hydrogen) atoms. The van der Waals surface area contributed by atoms with Gasteiger partial charge in [0.1, 0.15) is 5.75 Å². The Balaban J connectivity index is 1.60. The van der Waals surface area contributed by atoms with Crippen LogP contribution in [0.5, 0.6) is 5.75 Å². The number of rotatable bonds is 6. The number of carbonyl (C=O) groups is 3. The molecule has 0 aliphatic heterocycles. The lowest BCUT2D eigenvalue weighted by Gasteiger charge is -2.07. The minimum atomic E-state index is -0.579. The van der Waals surface area contributed by atoms with Gasteiger partial charge in [0, 0.05) is 24.5 Å². The van der Waals surface area contributed by atoms with Crippen molar-refractivity contribution in [2.45, 2.75) is 6.92 Å². The number of anilines is 1. The number of esters is 2. The molecule has 0 saturated carbocycles. The fourth-order valence-electron chi connectivity index (χ4n) is 2.46. The van der Waals surface area contributed by atoms with Crippen LogP contribution in [0.15, 0.2) is 60.8 Å². The second-order valence-electron chi connectivity index (χ2n) is 6.04. The van der Waals surface area contributed by atoms with Crippen molar-refractivity contribution in [3.05, 3.63) is 77.6 Å². The molecule has 8 heteroatoms. The third-order valence-corrected chi connectivity index (χ3v) is 3.90. The van der Waals surface area contributed by atoms with E-state index in [4.69, 9.17) is 9.47 Å². The lowest BCUT2D eigenvalue weighted by atomic mass is 10.1. The Morgan fingerprint density at radius 3 is 2.17 bits per heavy atom. The van der Waals surface area contributed by atoms with Gasteiger partial charge >= 0.3 is 11.9 Å². The van der Waals surface area contributed by atoms with E-state index in [1.807, 2.05) is 0 Å². The lowest BCUT2D eigenvalue weighted by Crippen LogP contribution is -2.13. The van der Waals surface area contributed by atoms with E-state index in [2.05, 4.69) is 10.4 Å². The van der Waals surface area contributed by atoms with Gasteiger partial charge in [-0.15, -0.1) is 0 Å². The summed E-state index contributed by atoms with van der Waals surface area (Å²) in [7, 11) is 1.70. The zero-order valence-electron chi connectivity index (χ0n) is 15.9. The molecule has 0 aliphatic carbocycles. The minimum Gasteiger partial charge on any atom is -0.462 e. The zero-order valence-corrected chi connectivity index (χ0v) is 15.9. The van der Waals surface area contributed by atoms with Crippen LogP contribution in [0.1, 0.15) is 38.1 Å². The van der Waals surface area contributed by atoms with Gasteiger partial charge in [-0.05, 0) is 61.5 Å². The summed E-state index contributed by atoms with van der Waals surface area (Å²) in [6.45, 7) is 2.03. The molecule has 0 fully saturated rings. The maximum atomic E-state index is 12.4. The molecule has 1 N–H and O–H groups in total. The number of nitrogens with zero attached hydrogens (tertiary/aromatic N) is 2. The fraction of sp³-hybridized carbons (Fsp3) is 0.143. The number of hydrogen-bond donors (Lipinski definition) is 1. The molecule has 0 bridgehead atoms. The summed E-state index contributed by atoms with van der Waals surface area (Å²) < 4.78 is 11.7. The van der Waals surface area contributed by atoms with Gasteiger partial charge in [-0.3, -0.25) is 9.48 Å². The standard InChI is InChI=1S/C21H19N3O5/c1-3-28-20(26)15-4-8-16(9-5-15)22-19(25)14-6-10-17(11-7-14)29-21(27)18-12-13-24(2)23-18/h4-13H,3H2,1-2H3,(H,22,25). The van der Waals surface area contributed by atoms with Gasteiger partial charge in [0.2, 0.25) is 0 Å². The van der Waals surface area contributed by atoms with Crippen molar-refractivity contribution in [2.24, 2.45) is 7.05 Å². The Kier molecular flexibility index (Phi) is 6.03. The van der Waals surface area contributed by atoms with Gasteiger partial charge in [-0.1, -0.05) is 0 Å². The van der Waals surface area contributed by atoms with Gasteiger partial charge in [0.05, 0.1) is 12.2 Å². The second kappa shape index (κ2) is 8.83. The van der Waals surface area contributed by atoms with Crippen LogP contribution in [0.4, 0.5) is 5.69 Å². The van der Waals surface area contributed by atoms with Crippen LogP contribution in [0.25, 0.3) is 0 Å². The summed E-state index contributed by atoms with van der Waals surface area (Å²) in [5.41, 5.74) is 1.52. The molecular weight excluding hydrogens is 374 g/mol. The molecule has 0 atom stereocenters. The molecule has 0 radical (unpaired) electrons. The number of aromatic nitrogens is 2. The topological polar surface area (TPSA) is 99.5 Å². The molecule has 1 amide bonds. The molecule has 0 spiro atoms. The highest BCUT2D eigenvalue weighted by Crippen LogP contribution is 2.16. The molecule has 2 aromatic carbocycles. The largest absolute Gasteiger partial charge is 0.462 e. The number of nitrogens with one attached hydrogen (secondary N) is 1. The molecule has 1 aromatic heterocycles. The number of aryl methyl sites for hydroxylation is 1. The smallest absolute Gasteiger partial charge is 0.364 e. The van der Waals surface area contributed by atoms with Crippen LogP contribution in [-0.4, -0.2) is 34.2 Å². The number of hydrogen-bond acceptors (Lipinski definition) is 6. The van der Waals surface area contributed by atoms with Crippen LogP contribution in [-0.2, 0) is 11.8 Å². The number of carbonyl (C=O) groups excluding carboxylic acids is 3. The van der Waals surface area contributed by atoms with Crippen molar-refractivity contribution in [1.29, 1.82) is 0 Å². The predicted octanol–water partition coefficient (Wildman–Crippen LogP) is 3.07. The summed E-state index contributed by atoms with van der Waals surface area (Å²) in [4.78, 5) is 36.0. The Morgan fingerprint density at radius 1 is 0.931 bits per heavy atom. The molecule has 148 valence electrons. The van der Waals surface area contributed by atoms with Gasteiger partial charge in [-0.25, -0.2) is 9.59 Å². The van der Waals surface area contributed by atoms with Crippen molar-refractivity contribution < 1.29 is 23.9 Å². The zero-order chi connectivity index (χ0) is 20.8. The maximum absolute atomic E-state index is 12.4. The van der Waals surface area contributed by atoms with Crippen molar-refractivity contribution in [1.82, 2.24) is 9.78 Å². The van der Waals surface area contributed by atoms with Crippen LogP contribution >= 0.6 is 0 Å². The van der Waals surface area contributed by atoms with E-state index in [0.29, 0.717) is 29.2 Å². The number of ether oxygens (including phenoxy) is 2. The summed E-state index contributed by atoms with van der Waals surface area (Å²) >= 11 is 0. The lowest BCUT2D eigenvalue weighted by molar-refractivity contribution is 0.0526. The van der Waals surface area contributed by atoms with Gasteiger partial charge in [0.25, 0.3) is 5.91 Å². The minimum absolute atomic E-state index is 0.195. The Morgan fingerprint density at radius 2 is 1.59 bits per heavy atom. The first-order valence-corrected chi connectivity index (χ1v) is 8.86. The van der Waals surface area contributed by atoms with Crippen LogP contribution in [0.2, 0.25) is 0 Å². The SMILES string of the molecule is CCOC(=O)c1ccc(NC(=O)c2ccc(OC(=O)c3ccn(C)n3)cc2)cc1. The van der Waals surface area contributed by atoms with Crippen LogP contribution in [0.3, 0.4) is 0 Å². The van der Waals surface area contributed by atoms with E-state index in [1.165, 1.54) is 16.8 Å². The second-order valence-corrected chi connectivity index (χ2v) is 6.04. The van der Waals surface area contributed by atoms with E-state index in [1.54, 1.807) is 62.6 Å². The molecule has 0 unspecified atom stereocenters. The molecule has 0 aliphatic rings. The molecule has 1 heterocycles. The quantitative estimate of drug-likeness (QED) is 0.510. The molecule has 3 rings (SSSR count). The summed E-state index contributed by atoms with van der Waals surface area (Å²) in [6.07, 6.45) is 1.64. The number of benzene rings is 2. The first-order valence-electron chi connectivity index (χ1n) is 8.86. The van der Waals surface area contributed by atoms with Gasteiger partial charge in [-0.2, -0.15) is 5.10 Å². The van der Waals surface area contributed by atoms with E-state index in [0.717, 1.165) is 0 Å². The van der Waals surface area contributed by atoms with Crippen molar-refractivity contribution in [3.63, 3.8) is 0 Å². The van der Waals surface area contributed by atoms with E-state index < -0.39 is 11.9 Å². The Labute approximate surface area is 167 Å². The number of amides is 1. The third-order valence-electron chi connectivity index (χ3n) is 3.90. The predicted molar refractivity (Wildman–Crippen MR) is 105 cm³/mol. The molecular formula is C21H19N3O5. The Hall–Kier alpha value is -3.94. The van der Waals surface area contributed by atoms with Gasteiger partial charge in [0.15, 0.2) is 5.69 Å². The third kappa shape index (κ3) is 5.07. The molecule has 0 saturated heterocycles. The summed E-state index contributed by atoms with van der Waals surface area (Å²) in [5, 5.41) is 6.71. The molecule has 3 aromatic rings. The highest BCUT2D eigenvalue weighted by molar-refractivity contribution is 6.04. The molecule has 8 nitrogen and oxygen atoms in total. The summed E-state index contributed by atoms with van der Waals surface area (Å²) in [6, 6.07) is 14.1. The average molecular weight is 393 g/mol.